The monoisotopic (exact) mass is 430 g/mol. The van der Waals surface area contributed by atoms with Gasteiger partial charge in [0.25, 0.3) is 0 Å². The van der Waals surface area contributed by atoms with Crippen molar-refractivity contribution in [3.63, 3.8) is 0 Å². The molecule has 2 heterocycles. The lowest BCUT2D eigenvalue weighted by Crippen LogP contribution is -2.43. The van der Waals surface area contributed by atoms with Gasteiger partial charge in [-0.25, -0.2) is 4.98 Å². The fraction of sp³-hybridized carbons (Fsp3) is 0.455. The van der Waals surface area contributed by atoms with E-state index in [4.69, 9.17) is 4.74 Å². The minimum atomic E-state index is 0.198. The Hall–Kier alpha value is -1.88. The molecule has 0 bridgehead atoms. The van der Waals surface area contributed by atoms with Crippen LogP contribution < -0.4 is 9.64 Å². The Bertz CT molecular complexity index is 852. The summed E-state index contributed by atoms with van der Waals surface area (Å²) in [5.41, 5.74) is 4.98. The van der Waals surface area contributed by atoms with Crippen molar-refractivity contribution >= 4 is 27.5 Å². The Morgan fingerprint density at radius 1 is 1.11 bits per heavy atom. The van der Waals surface area contributed by atoms with Gasteiger partial charge in [-0.2, -0.15) is 0 Å². The average molecular weight is 431 g/mol. The number of anilines is 1. The maximum atomic E-state index is 12.7. The number of amides is 1. The number of benzene rings is 1. The van der Waals surface area contributed by atoms with E-state index in [2.05, 4.69) is 34.8 Å². The number of aromatic nitrogens is 1. The summed E-state index contributed by atoms with van der Waals surface area (Å²) in [6.07, 6.45) is 3.04. The molecule has 0 fully saturated rings. The second kappa shape index (κ2) is 8.01. The predicted molar refractivity (Wildman–Crippen MR) is 113 cm³/mol. The summed E-state index contributed by atoms with van der Waals surface area (Å²) in [5.74, 6) is 1.66. The molecule has 5 heteroatoms. The zero-order valence-corrected chi connectivity index (χ0v) is 18.3. The first-order valence-electron chi connectivity index (χ1n) is 9.62. The molecule has 1 aliphatic heterocycles. The van der Waals surface area contributed by atoms with E-state index in [1.54, 1.807) is 0 Å². The van der Waals surface area contributed by atoms with Crippen LogP contribution >= 0.6 is 15.9 Å². The standard InChI is InChI=1S/C22H27BrN2O2/c1-6-17(7-2)25-19-12-15(5)24-22(18(19)8-9-20(25)26)27-21-13(3)10-16(23)11-14(21)4/h10-12,17H,6-9H2,1-5H3. The third-order valence-corrected chi connectivity index (χ3v) is 5.70. The Morgan fingerprint density at radius 3 is 2.33 bits per heavy atom. The minimum Gasteiger partial charge on any atom is -0.438 e. The third kappa shape index (κ3) is 3.88. The molecule has 0 radical (unpaired) electrons. The Morgan fingerprint density at radius 2 is 1.74 bits per heavy atom. The summed E-state index contributed by atoms with van der Waals surface area (Å²) in [6, 6.07) is 6.33. The van der Waals surface area contributed by atoms with Crippen LogP contribution in [0, 0.1) is 20.8 Å². The molecule has 0 atom stereocenters. The van der Waals surface area contributed by atoms with Gasteiger partial charge >= 0.3 is 0 Å². The molecule has 144 valence electrons. The predicted octanol–water partition coefficient (Wildman–Crippen LogP) is 6.03. The molecule has 1 aliphatic rings. The van der Waals surface area contributed by atoms with Gasteiger partial charge in [0, 0.05) is 28.2 Å². The molecule has 4 nitrogen and oxygen atoms in total. The van der Waals surface area contributed by atoms with Crippen LogP contribution in [0.4, 0.5) is 5.69 Å². The highest BCUT2D eigenvalue weighted by molar-refractivity contribution is 9.10. The van der Waals surface area contributed by atoms with Crippen molar-refractivity contribution in [3.05, 3.63) is 45.1 Å². The molecule has 1 aromatic heterocycles. The maximum absolute atomic E-state index is 12.7. The molecule has 0 saturated carbocycles. The summed E-state index contributed by atoms with van der Waals surface area (Å²) in [6.45, 7) is 10.3. The van der Waals surface area contributed by atoms with Crippen LogP contribution in [0.2, 0.25) is 0 Å². The number of nitrogens with zero attached hydrogens (tertiary/aromatic N) is 2. The van der Waals surface area contributed by atoms with E-state index in [1.807, 2.05) is 43.9 Å². The molecular formula is C22H27BrN2O2. The molecule has 0 saturated heterocycles. The number of rotatable bonds is 5. The minimum absolute atomic E-state index is 0.198. The van der Waals surface area contributed by atoms with Crippen molar-refractivity contribution in [2.45, 2.75) is 66.3 Å². The Labute approximate surface area is 170 Å². The topological polar surface area (TPSA) is 42.4 Å². The largest absolute Gasteiger partial charge is 0.438 e. The smallest absolute Gasteiger partial charge is 0.227 e. The lowest BCUT2D eigenvalue weighted by atomic mass is 9.98. The number of aryl methyl sites for hydroxylation is 3. The molecule has 0 aliphatic carbocycles. The van der Waals surface area contributed by atoms with Crippen molar-refractivity contribution in [3.8, 4) is 11.6 Å². The number of carbonyl (C=O) groups is 1. The van der Waals surface area contributed by atoms with Crippen LogP contribution in [-0.2, 0) is 11.2 Å². The van der Waals surface area contributed by atoms with Crippen molar-refractivity contribution < 1.29 is 9.53 Å². The number of hydrogen-bond donors (Lipinski definition) is 0. The molecule has 0 unspecified atom stereocenters. The van der Waals surface area contributed by atoms with Crippen LogP contribution in [0.15, 0.2) is 22.7 Å². The summed E-state index contributed by atoms with van der Waals surface area (Å²) in [5, 5.41) is 0. The lowest BCUT2D eigenvalue weighted by molar-refractivity contribution is -0.119. The van der Waals surface area contributed by atoms with Crippen molar-refractivity contribution in [2.75, 3.05) is 4.90 Å². The van der Waals surface area contributed by atoms with Crippen molar-refractivity contribution in [1.82, 2.24) is 4.98 Å². The van der Waals surface area contributed by atoms with E-state index >= 15 is 0 Å². The maximum Gasteiger partial charge on any atom is 0.227 e. The summed E-state index contributed by atoms with van der Waals surface area (Å²) in [4.78, 5) is 19.4. The second-order valence-corrected chi connectivity index (χ2v) is 8.19. The van der Waals surface area contributed by atoms with Gasteiger partial charge in [-0.05, 0) is 69.4 Å². The van der Waals surface area contributed by atoms with Gasteiger partial charge in [-0.15, -0.1) is 0 Å². The van der Waals surface area contributed by atoms with Crippen molar-refractivity contribution in [1.29, 1.82) is 0 Å². The average Bonchev–Trinajstić information content (AvgIpc) is 2.60. The van der Waals surface area contributed by atoms with Gasteiger partial charge in [0.2, 0.25) is 11.8 Å². The van der Waals surface area contributed by atoms with E-state index in [0.29, 0.717) is 18.7 Å². The Balaban J connectivity index is 2.10. The van der Waals surface area contributed by atoms with Crippen LogP contribution in [0.25, 0.3) is 0 Å². The first kappa shape index (κ1) is 19.9. The molecule has 27 heavy (non-hydrogen) atoms. The molecule has 2 aromatic rings. The quantitative estimate of drug-likeness (QED) is 0.581. The van der Waals surface area contributed by atoms with E-state index in [0.717, 1.165) is 51.1 Å². The molecule has 1 aromatic carbocycles. The zero-order valence-electron chi connectivity index (χ0n) is 16.7. The fourth-order valence-corrected chi connectivity index (χ4v) is 4.57. The zero-order chi connectivity index (χ0) is 19.7. The van der Waals surface area contributed by atoms with Gasteiger partial charge < -0.3 is 9.64 Å². The van der Waals surface area contributed by atoms with E-state index in [1.165, 1.54) is 0 Å². The molecule has 0 N–H and O–H groups in total. The highest BCUT2D eigenvalue weighted by atomic mass is 79.9. The van der Waals surface area contributed by atoms with Crippen molar-refractivity contribution in [2.24, 2.45) is 0 Å². The van der Waals surface area contributed by atoms with Crippen LogP contribution in [0.5, 0.6) is 11.6 Å². The van der Waals surface area contributed by atoms with E-state index in [9.17, 15) is 4.79 Å². The summed E-state index contributed by atoms with van der Waals surface area (Å²) < 4.78 is 7.37. The van der Waals surface area contributed by atoms with Gasteiger partial charge in [0.05, 0.1) is 5.69 Å². The second-order valence-electron chi connectivity index (χ2n) is 7.27. The number of ether oxygens (including phenoxy) is 1. The SMILES string of the molecule is CCC(CC)N1C(=O)CCc2c1cc(C)nc2Oc1c(C)cc(Br)cc1C. The van der Waals surface area contributed by atoms with E-state index < -0.39 is 0 Å². The molecule has 1 amide bonds. The molecular weight excluding hydrogens is 404 g/mol. The van der Waals surface area contributed by atoms with Gasteiger partial charge in [0.1, 0.15) is 5.75 Å². The first-order chi connectivity index (χ1) is 12.8. The molecule has 3 rings (SSSR count). The first-order valence-corrected chi connectivity index (χ1v) is 10.4. The third-order valence-electron chi connectivity index (χ3n) is 5.24. The summed E-state index contributed by atoms with van der Waals surface area (Å²) in [7, 11) is 0. The van der Waals surface area contributed by atoms with Gasteiger partial charge in [-0.3, -0.25) is 4.79 Å². The molecule has 0 spiro atoms. The summed E-state index contributed by atoms with van der Waals surface area (Å²) >= 11 is 3.54. The van der Waals surface area contributed by atoms with Gasteiger partial charge in [0.15, 0.2) is 0 Å². The van der Waals surface area contributed by atoms with E-state index in [-0.39, 0.29) is 11.9 Å². The number of carbonyl (C=O) groups excluding carboxylic acids is 1. The number of hydrogen-bond acceptors (Lipinski definition) is 3. The van der Waals surface area contributed by atoms with Crippen LogP contribution in [0.3, 0.4) is 0 Å². The van der Waals surface area contributed by atoms with Crippen LogP contribution in [0.1, 0.15) is 55.5 Å². The number of halogens is 1. The normalized spacial score (nSPS) is 13.9. The number of pyridine rings is 1. The fourth-order valence-electron chi connectivity index (χ4n) is 3.88. The highest BCUT2D eigenvalue weighted by Gasteiger charge is 2.32. The lowest BCUT2D eigenvalue weighted by Gasteiger charge is -2.36. The highest BCUT2D eigenvalue weighted by Crippen LogP contribution is 2.39. The van der Waals surface area contributed by atoms with Crippen LogP contribution in [-0.4, -0.2) is 16.9 Å². The number of fused-ring (bicyclic) bond motifs is 1. The van der Waals surface area contributed by atoms with Gasteiger partial charge in [-0.1, -0.05) is 29.8 Å². The Kier molecular flexibility index (Phi) is 5.89.